The number of furan rings is 1. The Hall–Kier alpha value is -4.34. The van der Waals surface area contributed by atoms with E-state index in [1.165, 1.54) is 25.3 Å². The number of nitrogens with zero attached hydrogens (tertiary/aromatic N) is 2. The van der Waals surface area contributed by atoms with Crippen LogP contribution in [0.3, 0.4) is 0 Å². The van der Waals surface area contributed by atoms with E-state index in [4.69, 9.17) is 37.1 Å². The second-order valence-electron chi connectivity index (χ2n) is 8.36. The summed E-state index contributed by atoms with van der Waals surface area (Å²) in [5, 5.41) is 24.4. The molecule has 11 heteroatoms. The molecule has 3 aromatic carbocycles. The first kappa shape index (κ1) is 25.3. The third-order valence-electron chi connectivity index (χ3n) is 6.08. The quantitative estimate of drug-likeness (QED) is 0.0734. The van der Waals surface area contributed by atoms with Crippen molar-refractivity contribution in [1.82, 2.24) is 0 Å². The standard InChI is InChI=1S/C27H18Cl2N2O7/c1-36-23-10-8-17(25-19-11-16(31(34)35)7-9-22(19)37-26(23)25)24(38-27(32)15-5-3-2-4-6-15)12-18-20(28)13-30(33)14-21(18)29/h2-11,13-14,24H,12H2,1H3. The van der Waals surface area contributed by atoms with E-state index in [0.29, 0.717) is 49.1 Å². The van der Waals surface area contributed by atoms with E-state index in [0.717, 1.165) is 12.4 Å². The summed E-state index contributed by atoms with van der Waals surface area (Å²) < 4.78 is 18.0. The Balaban J connectivity index is 1.73. The van der Waals surface area contributed by atoms with Crippen LogP contribution in [-0.2, 0) is 11.2 Å². The van der Waals surface area contributed by atoms with Crippen molar-refractivity contribution in [1.29, 1.82) is 0 Å². The molecule has 38 heavy (non-hydrogen) atoms. The molecule has 0 bridgehead atoms. The van der Waals surface area contributed by atoms with Gasteiger partial charge in [0.1, 0.15) is 21.7 Å². The van der Waals surface area contributed by atoms with Gasteiger partial charge in [-0.1, -0.05) is 47.5 Å². The maximum absolute atomic E-state index is 13.2. The van der Waals surface area contributed by atoms with Gasteiger partial charge in [0.25, 0.3) is 5.69 Å². The Bertz CT molecular complexity index is 1680. The third kappa shape index (κ3) is 4.69. The van der Waals surface area contributed by atoms with Crippen molar-refractivity contribution in [2.24, 2.45) is 0 Å². The topological polar surface area (TPSA) is 119 Å². The van der Waals surface area contributed by atoms with Gasteiger partial charge in [0.05, 0.1) is 17.6 Å². The first-order valence-electron chi connectivity index (χ1n) is 11.3. The highest BCUT2D eigenvalue weighted by Gasteiger charge is 2.28. The van der Waals surface area contributed by atoms with Gasteiger partial charge in [0, 0.05) is 40.5 Å². The lowest BCUT2D eigenvalue weighted by Crippen LogP contribution is -2.25. The zero-order valence-corrected chi connectivity index (χ0v) is 21.2. The van der Waals surface area contributed by atoms with E-state index in [1.54, 1.807) is 42.5 Å². The van der Waals surface area contributed by atoms with Gasteiger partial charge < -0.3 is 19.1 Å². The Morgan fingerprint density at radius 3 is 2.45 bits per heavy atom. The summed E-state index contributed by atoms with van der Waals surface area (Å²) in [5.74, 6) is -0.223. The zero-order valence-electron chi connectivity index (χ0n) is 19.7. The van der Waals surface area contributed by atoms with Crippen LogP contribution in [0.2, 0.25) is 10.0 Å². The van der Waals surface area contributed by atoms with Crippen LogP contribution < -0.4 is 9.47 Å². The molecule has 1 unspecified atom stereocenters. The third-order valence-corrected chi connectivity index (χ3v) is 6.73. The second-order valence-corrected chi connectivity index (χ2v) is 9.17. The van der Waals surface area contributed by atoms with Gasteiger partial charge in [-0.3, -0.25) is 10.1 Å². The predicted molar refractivity (Wildman–Crippen MR) is 141 cm³/mol. The van der Waals surface area contributed by atoms with Gasteiger partial charge >= 0.3 is 5.97 Å². The molecule has 0 aliphatic carbocycles. The Morgan fingerprint density at radius 2 is 1.79 bits per heavy atom. The molecule has 0 saturated carbocycles. The van der Waals surface area contributed by atoms with Crippen LogP contribution >= 0.6 is 23.2 Å². The first-order chi connectivity index (χ1) is 18.3. The number of pyridine rings is 1. The highest BCUT2D eigenvalue weighted by Crippen LogP contribution is 2.42. The molecule has 0 saturated heterocycles. The van der Waals surface area contributed by atoms with E-state index >= 15 is 0 Å². The highest BCUT2D eigenvalue weighted by atomic mass is 35.5. The molecule has 0 fully saturated rings. The molecule has 0 amide bonds. The van der Waals surface area contributed by atoms with Crippen molar-refractivity contribution in [2.75, 3.05) is 7.11 Å². The number of aromatic nitrogens is 1. The van der Waals surface area contributed by atoms with Crippen molar-refractivity contribution in [2.45, 2.75) is 12.5 Å². The van der Waals surface area contributed by atoms with Gasteiger partial charge in [-0.15, -0.1) is 0 Å². The number of nitro benzene ring substituents is 1. The number of hydrogen-bond acceptors (Lipinski definition) is 7. The fraction of sp³-hybridized carbons (Fsp3) is 0.111. The lowest BCUT2D eigenvalue weighted by Gasteiger charge is -2.21. The summed E-state index contributed by atoms with van der Waals surface area (Å²) >= 11 is 12.7. The van der Waals surface area contributed by atoms with Crippen molar-refractivity contribution >= 4 is 56.8 Å². The van der Waals surface area contributed by atoms with Crippen molar-refractivity contribution in [3.05, 3.63) is 115 Å². The molecule has 5 aromatic rings. The number of ether oxygens (including phenoxy) is 2. The number of esters is 1. The molecule has 0 aliphatic heterocycles. The van der Waals surface area contributed by atoms with E-state index in [2.05, 4.69) is 0 Å². The number of carbonyl (C=O) groups excluding carboxylic acids is 1. The minimum absolute atomic E-state index is 0.000108. The average molecular weight is 553 g/mol. The van der Waals surface area contributed by atoms with Crippen LogP contribution in [0.15, 0.2) is 77.5 Å². The van der Waals surface area contributed by atoms with Crippen LogP contribution in [0, 0.1) is 15.3 Å². The number of halogens is 2. The average Bonchev–Trinajstić information content (AvgIpc) is 3.29. The molecule has 192 valence electrons. The van der Waals surface area contributed by atoms with Crippen LogP contribution in [0.25, 0.3) is 21.9 Å². The molecule has 5 rings (SSSR count). The van der Waals surface area contributed by atoms with Crippen LogP contribution in [0.4, 0.5) is 5.69 Å². The lowest BCUT2D eigenvalue weighted by atomic mass is 9.96. The maximum atomic E-state index is 13.2. The number of hydrogen-bond donors (Lipinski definition) is 0. The molecular weight excluding hydrogens is 535 g/mol. The fourth-order valence-electron chi connectivity index (χ4n) is 4.31. The molecule has 1 atom stereocenters. The molecule has 0 spiro atoms. The van der Waals surface area contributed by atoms with E-state index in [-0.39, 0.29) is 22.2 Å². The minimum atomic E-state index is -0.978. The van der Waals surface area contributed by atoms with Gasteiger partial charge in [-0.05, 0) is 24.3 Å². The lowest BCUT2D eigenvalue weighted by molar-refractivity contribution is -0.605. The normalized spacial score (nSPS) is 12.0. The number of fused-ring (bicyclic) bond motifs is 3. The molecule has 0 radical (unpaired) electrons. The van der Waals surface area contributed by atoms with E-state index in [9.17, 15) is 20.1 Å². The SMILES string of the molecule is COc1ccc(C(Cc2c(Cl)c[n+]([O-])cc2Cl)OC(=O)c2ccccc2)c2c1oc1ccc([N+](=O)[O-])cc12. The summed E-state index contributed by atoms with van der Waals surface area (Å²) in [4.78, 5) is 24.2. The summed E-state index contributed by atoms with van der Waals surface area (Å²) in [5.41, 5.74) is 1.75. The number of non-ortho nitro benzene ring substituents is 1. The molecule has 2 aromatic heterocycles. The zero-order chi connectivity index (χ0) is 27.0. The summed E-state index contributed by atoms with van der Waals surface area (Å²) in [7, 11) is 1.47. The van der Waals surface area contributed by atoms with Crippen LogP contribution in [0.5, 0.6) is 5.75 Å². The van der Waals surface area contributed by atoms with E-state index in [1.807, 2.05) is 0 Å². The summed E-state index contributed by atoms with van der Waals surface area (Å²) in [6.07, 6.45) is 1.33. The van der Waals surface area contributed by atoms with Crippen LogP contribution in [0.1, 0.15) is 27.6 Å². The Morgan fingerprint density at radius 1 is 1.08 bits per heavy atom. The summed E-state index contributed by atoms with van der Waals surface area (Å²) in [6, 6.07) is 16.0. The number of methoxy groups -OCH3 is 1. The van der Waals surface area contributed by atoms with Gasteiger partial charge in [-0.25, -0.2) is 4.79 Å². The summed E-state index contributed by atoms with van der Waals surface area (Å²) in [6.45, 7) is 0. The second kappa shape index (κ2) is 10.2. The van der Waals surface area contributed by atoms with Crippen molar-refractivity contribution in [3.63, 3.8) is 0 Å². The van der Waals surface area contributed by atoms with Crippen molar-refractivity contribution < 1.29 is 28.3 Å². The molecule has 2 heterocycles. The molecule has 9 nitrogen and oxygen atoms in total. The largest absolute Gasteiger partial charge is 0.619 e. The highest BCUT2D eigenvalue weighted by molar-refractivity contribution is 6.35. The van der Waals surface area contributed by atoms with Gasteiger partial charge in [0.15, 0.2) is 23.7 Å². The van der Waals surface area contributed by atoms with Gasteiger partial charge in [0.2, 0.25) is 0 Å². The molecular formula is C27H18Cl2N2O7. The van der Waals surface area contributed by atoms with Crippen LogP contribution in [-0.4, -0.2) is 18.0 Å². The smallest absolute Gasteiger partial charge is 0.338 e. The number of rotatable bonds is 7. The Labute approximate surface area is 225 Å². The Kier molecular flexibility index (Phi) is 6.79. The first-order valence-corrected chi connectivity index (χ1v) is 12.0. The molecule has 0 N–H and O–H groups in total. The maximum Gasteiger partial charge on any atom is 0.338 e. The van der Waals surface area contributed by atoms with Crippen molar-refractivity contribution in [3.8, 4) is 5.75 Å². The fourth-order valence-corrected chi connectivity index (χ4v) is 4.91. The minimum Gasteiger partial charge on any atom is -0.619 e. The predicted octanol–water partition coefficient (Wildman–Crippen LogP) is 6.58. The number of nitro groups is 1. The van der Waals surface area contributed by atoms with E-state index < -0.39 is 17.0 Å². The molecule has 0 aliphatic rings. The number of carbonyl (C=O) groups is 1. The van der Waals surface area contributed by atoms with Gasteiger partial charge in [-0.2, -0.15) is 4.73 Å². The number of benzene rings is 3. The monoisotopic (exact) mass is 552 g/mol.